The fraction of sp³-hybridized carbons (Fsp3) is 0.348. The zero-order valence-corrected chi connectivity index (χ0v) is 16.6. The summed E-state index contributed by atoms with van der Waals surface area (Å²) < 4.78 is 0. The van der Waals surface area contributed by atoms with Crippen LogP contribution < -0.4 is 15.1 Å². The van der Waals surface area contributed by atoms with Crippen molar-refractivity contribution in [2.45, 2.75) is 39.0 Å². The van der Waals surface area contributed by atoms with Gasteiger partial charge in [-0.05, 0) is 74.2 Å². The third-order valence-electron chi connectivity index (χ3n) is 5.58. The van der Waals surface area contributed by atoms with Gasteiger partial charge in [0.2, 0.25) is 11.8 Å². The predicted molar refractivity (Wildman–Crippen MR) is 113 cm³/mol. The molecule has 0 spiro atoms. The molecule has 150 valence electrons. The number of nitrogens with zero attached hydrogens (tertiary/aromatic N) is 2. The van der Waals surface area contributed by atoms with Gasteiger partial charge in [0.25, 0.3) is 5.91 Å². The van der Waals surface area contributed by atoms with Crippen molar-refractivity contribution in [3.8, 4) is 0 Å². The van der Waals surface area contributed by atoms with Crippen molar-refractivity contribution in [1.29, 1.82) is 0 Å². The number of benzene rings is 2. The summed E-state index contributed by atoms with van der Waals surface area (Å²) in [5.41, 5.74) is 3.92. The molecule has 2 aromatic carbocycles. The van der Waals surface area contributed by atoms with E-state index in [9.17, 15) is 14.4 Å². The number of nitrogens with one attached hydrogen (secondary N) is 1. The monoisotopic (exact) mass is 391 g/mol. The summed E-state index contributed by atoms with van der Waals surface area (Å²) in [4.78, 5) is 40.2. The van der Waals surface area contributed by atoms with Gasteiger partial charge in [0.05, 0.1) is 0 Å². The van der Waals surface area contributed by atoms with Crippen LogP contribution in [0, 0.1) is 6.92 Å². The molecule has 0 aromatic heterocycles. The molecule has 2 aliphatic rings. The fourth-order valence-electron chi connectivity index (χ4n) is 4.01. The second-order valence-electron chi connectivity index (χ2n) is 7.65. The molecule has 0 atom stereocenters. The van der Waals surface area contributed by atoms with Gasteiger partial charge in [0, 0.05) is 48.6 Å². The molecule has 6 nitrogen and oxygen atoms in total. The molecule has 4 rings (SSSR count). The fourth-order valence-corrected chi connectivity index (χ4v) is 4.01. The highest BCUT2D eigenvalue weighted by Gasteiger charge is 2.23. The van der Waals surface area contributed by atoms with Gasteiger partial charge in [-0.25, -0.2) is 0 Å². The lowest BCUT2D eigenvalue weighted by atomic mass is 10.1. The first-order chi connectivity index (χ1) is 14.0. The normalized spacial score (nSPS) is 17.0. The Hall–Kier alpha value is -3.15. The van der Waals surface area contributed by atoms with Gasteiger partial charge < -0.3 is 15.1 Å². The summed E-state index contributed by atoms with van der Waals surface area (Å²) in [5.74, 6) is 0.0867. The van der Waals surface area contributed by atoms with Crippen molar-refractivity contribution >= 4 is 34.8 Å². The molecule has 0 aliphatic carbocycles. The maximum absolute atomic E-state index is 12.6. The molecule has 29 heavy (non-hydrogen) atoms. The van der Waals surface area contributed by atoms with Crippen LogP contribution in [0.5, 0.6) is 0 Å². The van der Waals surface area contributed by atoms with Crippen LogP contribution in [0.1, 0.15) is 48.0 Å². The number of amides is 3. The maximum atomic E-state index is 12.6. The lowest BCUT2D eigenvalue weighted by molar-refractivity contribution is -0.119. The maximum Gasteiger partial charge on any atom is 0.255 e. The second kappa shape index (κ2) is 8.07. The third kappa shape index (κ3) is 4.01. The largest absolute Gasteiger partial charge is 0.322 e. The van der Waals surface area contributed by atoms with Gasteiger partial charge >= 0.3 is 0 Å². The van der Waals surface area contributed by atoms with Gasteiger partial charge in [-0.15, -0.1) is 0 Å². The number of hydrogen-bond donors (Lipinski definition) is 1. The molecule has 2 saturated heterocycles. The number of piperidine rings is 1. The summed E-state index contributed by atoms with van der Waals surface area (Å²) >= 11 is 0. The Balaban J connectivity index is 1.44. The van der Waals surface area contributed by atoms with Crippen molar-refractivity contribution in [3.63, 3.8) is 0 Å². The van der Waals surface area contributed by atoms with Crippen LogP contribution in [0.2, 0.25) is 0 Å². The highest BCUT2D eigenvalue weighted by atomic mass is 16.2. The lowest BCUT2D eigenvalue weighted by Crippen LogP contribution is -2.35. The molecule has 0 saturated carbocycles. The Morgan fingerprint density at radius 2 is 1.55 bits per heavy atom. The summed E-state index contributed by atoms with van der Waals surface area (Å²) in [6, 6.07) is 12.7. The van der Waals surface area contributed by atoms with Gasteiger partial charge in [-0.1, -0.05) is 0 Å². The summed E-state index contributed by atoms with van der Waals surface area (Å²) in [6.07, 6.45) is 4.01. The number of hydrogen-bond acceptors (Lipinski definition) is 3. The van der Waals surface area contributed by atoms with Crippen molar-refractivity contribution in [3.05, 3.63) is 53.6 Å². The standard InChI is InChI=1S/C23H25N3O3/c1-16-15-18(9-12-20(16)26-14-4-6-22(26)28)24-23(29)17-7-10-19(11-8-17)25-13-3-2-5-21(25)27/h7-12,15H,2-6,13-14H2,1H3,(H,24,29). The zero-order valence-electron chi connectivity index (χ0n) is 16.6. The molecule has 2 aliphatic heterocycles. The smallest absolute Gasteiger partial charge is 0.255 e. The van der Waals surface area contributed by atoms with E-state index in [1.165, 1.54) is 0 Å². The van der Waals surface area contributed by atoms with Crippen LogP contribution >= 0.6 is 0 Å². The number of carbonyl (C=O) groups excluding carboxylic acids is 3. The van der Waals surface area contributed by atoms with E-state index in [4.69, 9.17) is 0 Å². The minimum atomic E-state index is -0.203. The first-order valence-electron chi connectivity index (χ1n) is 10.2. The van der Waals surface area contributed by atoms with Crippen molar-refractivity contribution < 1.29 is 14.4 Å². The van der Waals surface area contributed by atoms with Crippen molar-refractivity contribution in [1.82, 2.24) is 0 Å². The SMILES string of the molecule is Cc1cc(NC(=O)c2ccc(N3CCCCC3=O)cc2)ccc1N1CCCC1=O. The second-order valence-corrected chi connectivity index (χ2v) is 7.65. The van der Waals surface area contributed by atoms with Crippen LogP contribution in [0.4, 0.5) is 17.1 Å². The molecule has 0 unspecified atom stereocenters. The summed E-state index contributed by atoms with van der Waals surface area (Å²) in [7, 11) is 0. The lowest BCUT2D eigenvalue weighted by Gasteiger charge is -2.26. The first kappa shape index (κ1) is 19.2. The van der Waals surface area contributed by atoms with E-state index in [0.29, 0.717) is 24.1 Å². The number of rotatable bonds is 4. The average molecular weight is 391 g/mol. The van der Waals surface area contributed by atoms with E-state index in [0.717, 1.165) is 49.3 Å². The van der Waals surface area contributed by atoms with E-state index in [1.54, 1.807) is 17.0 Å². The van der Waals surface area contributed by atoms with E-state index >= 15 is 0 Å². The van der Waals surface area contributed by atoms with Gasteiger partial charge in [-0.3, -0.25) is 14.4 Å². The van der Waals surface area contributed by atoms with Crippen LogP contribution in [0.15, 0.2) is 42.5 Å². The number of anilines is 3. The van der Waals surface area contributed by atoms with E-state index in [2.05, 4.69) is 5.32 Å². The van der Waals surface area contributed by atoms with Crippen molar-refractivity contribution in [2.24, 2.45) is 0 Å². The van der Waals surface area contributed by atoms with E-state index in [1.807, 2.05) is 42.2 Å². The zero-order chi connectivity index (χ0) is 20.4. The molecule has 2 aromatic rings. The summed E-state index contributed by atoms with van der Waals surface area (Å²) in [5, 5.41) is 2.91. The molecule has 0 bridgehead atoms. The molecular formula is C23H25N3O3. The Morgan fingerprint density at radius 3 is 2.21 bits per heavy atom. The van der Waals surface area contributed by atoms with Crippen LogP contribution in [0.25, 0.3) is 0 Å². The Kier molecular flexibility index (Phi) is 5.34. The molecule has 2 heterocycles. The quantitative estimate of drug-likeness (QED) is 0.860. The van der Waals surface area contributed by atoms with Gasteiger partial charge in [0.15, 0.2) is 0 Å². The number of carbonyl (C=O) groups is 3. The summed E-state index contributed by atoms with van der Waals surface area (Å²) in [6.45, 7) is 3.42. The first-order valence-corrected chi connectivity index (χ1v) is 10.2. The highest BCUT2D eigenvalue weighted by Crippen LogP contribution is 2.28. The minimum Gasteiger partial charge on any atom is -0.322 e. The highest BCUT2D eigenvalue weighted by molar-refractivity contribution is 6.05. The van der Waals surface area contributed by atoms with Crippen LogP contribution in [-0.4, -0.2) is 30.8 Å². The molecule has 1 N–H and O–H groups in total. The van der Waals surface area contributed by atoms with Gasteiger partial charge in [0.1, 0.15) is 0 Å². The predicted octanol–water partition coefficient (Wildman–Crippen LogP) is 3.89. The average Bonchev–Trinajstić information content (AvgIpc) is 3.14. The molecule has 2 fully saturated rings. The molecule has 6 heteroatoms. The van der Waals surface area contributed by atoms with Crippen LogP contribution in [-0.2, 0) is 9.59 Å². The molecule has 3 amide bonds. The Bertz CT molecular complexity index is 952. The van der Waals surface area contributed by atoms with Crippen molar-refractivity contribution in [2.75, 3.05) is 28.2 Å². The molecule has 0 radical (unpaired) electrons. The third-order valence-corrected chi connectivity index (χ3v) is 5.58. The van der Waals surface area contributed by atoms with E-state index < -0.39 is 0 Å². The minimum absolute atomic E-state index is 0.139. The topological polar surface area (TPSA) is 69.7 Å². The number of aryl methyl sites for hydroxylation is 1. The Morgan fingerprint density at radius 1 is 0.862 bits per heavy atom. The molecular weight excluding hydrogens is 366 g/mol. The van der Waals surface area contributed by atoms with E-state index in [-0.39, 0.29) is 17.7 Å². The van der Waals surface area contributed by atoms with Crippen LogP contribution in [0.3, 0.4) is 0 Å². The Labute approximate surface area is 170 Å². The van der Waals surface area contributed by atoms with Gasteiger partial charge in [-0.2, -0.15) is 0 Å².